The third-order valence-corrected chi connectivity index (χ3v) is 2.54. The lowest BCUT2D eigenvalue weighted by Gasteiger charge is -2.16. The van der Waals surface area contributed by atoms with Gasteiger partial charge in [-0.2, -0.15) is 15.0 Å². The topological polar surface area (TPSA) is 49.2 Å². The van der Waals surface area contributed by atoms with Gasteiger partial charge in [0.05, 0.1) is 0 Å². The van der Waals surface area contributed by atoms with Gasteiger partial charge in [0.2, 0.25) is 0 Å². The number of fused-ring (bicyclic) bond motifs is 1. The van der Waals surface area contributed by atoms with Crippen LogP contribution in [0.2, 0.25) is 0 Å². The maximum absolute atomic E-state index is 5.26. The third kappa shape index (κ3) is 1.41. The second kappa shape index (κ2) is 3.52. The molecule has 0 amide bonds. The second-order valence-electron chi connectivity index (χ2n) is 3.66. The van der Waals surface area contributed by atoms with Crippen molar-refractivity contribution < 1.29 is 9.47 Å². The maximum atomic E-state index is 5.26. The van der Waals surface area contributed by atoms with Gasteiger partial charge < -0.3 is 9.47 Å². The van der Waals surface area contributed by atoms with Crippen LogP contribution in [0.5, 0.6) is 0 Å². The molecule has 1 aromatic carbocycles. The average molecular weight is 217 g/mol. The van der Waals surface area contributed by atoms with Crippen LogP contribution in [-0.2, 0) is 9.47 Å². The van der Waals surface area contributed by atoms with E-state index in [-0.39, 0.29) is 12.3 Å². The molecule has 0 bridgehead atoms. The van der Waals surface area contributed by atoms with Crippen molar-refractivity contribution in [2.75, 3.05) is 0 Å². The van der Waals surface area contributed by atoms with Crippen LogP contribution in [0.4, 0.5) is 0 Å². The van der Waals surface area contributed by atoms with Crippen LogP contribution in [0, 0.1) is 0 Å². The van der Waals surface area contributed by atoms with E-state index in [9.17, 15) is 0 Å². The van der Waals surface area contributed by atoms with Gasteiger partial charge in [0.1, 0.15) is 29.6 Å². The number of aromatic nitrogens is 3. The summed E-state index contributed by atoms with van der Waals surface area (Å²) in [4.78, 5) is 1.63. The highest BCUT2D eigenvalue weighted by molar-refractivity contribution is 5.72. The van der Waals surface area contributed by atoms with Gasteiger partial charge in [0.25, 0.3) is 6.29 Å². The van der Waals surface area contributed by atoms with E-state index in [1.165, 1.54) is 12.5 Å². The average Bonchev–Trinajstić information content (AvgIpc) is 2.97. The molecule has 5 heteroatoms. The Balaban J connectivity index is 1.93. The van der Waals surface area contributed by atoms with Crippen LogP contribution < -0.4 is 0 Å². The van der Waals surface area contributed by atoms with Gasteiger partial charge in [-0.25, -0.2) is 0 Å². The summed E-state index contributed by atoms with van der Waals surface area (Å²) in [6, 6.07) is 7.68. The Morgan fingerprint density at radius 1 is 1.12 bits per heavy atom. The minimum absolute atomic E-state index is 0.0672. The summed E-state index contributed by atoms with van der Waals surface area (Å²) in [5.74, 6) is 0. The highest BCUT2D eigenvalue weighted by Crippen LogP contribution is 2.20. The standard InChI is InChI=1S/C11H11N3O2/c1-8(11-15-6-7-16-11)14-12-9-4-2-3-5-10(9)13-14/h2-8,11H,1H3. The lowest BCUT2D eigenvalue weighted by molar-refractivity contribution is -0.0621. The SMILES string of the molecule is CC(C1OC=CO1)n1nc2ccccc2n1. The van der Waals surface area contributed by atoms with Crippen LogP contribution in [-0.4, -0.2) is 21.3 Å². The summed E-state index contributed by atoms with van der Waals surface area (Å²) in [6.45, 7) is 1.95. The predicted octanol–water partition coefficient (Wildman–Crippen LogP) is 1.84. The van der Waals surface area contributed by atoms with Gasteiger partial charge in [0, 0.05) is 0 Å². The molecule has 3 rings (SSSR count). The molecule has 1 aromatic heterocycles. The molecule has 0 fully saturated rings. The molecule has 5 nitrogen and oxygen atoms in total. The Hall–Kier alpha value is -2.04. The van der Waals surface area contributed by atoms with Gasteiger partial charge in [-0.15, -0.1) is 0 Å². The summed E-state index contributed by atoms with van der Waals surface area (Å²) in [5.41, 5.74) is 1.75. The summed E-state index contributed by atoms with van der Waals surface area (Å²) in [5, 5.41) is 8.75. The number of benzene rings is 1. The minimum atomic E-state index is -0.346. The van der Waals surface area contributed by atoms with Crippen molar-refractivity contribution >= 4 is 11.0 Å². The van der Waals surface area contributed by atoms with E-state index in [1.54, 1.807) is 4.80 Å². The molecule has 0 saturated heterocycles. The predicted molar refractivity (Wildman–Crippen MR) is 57.3 cm³/mol. The van der Waals surface area contributed by atoms with Crippen molar-refractivity contribution in [1.29, 1.82) is 0 Å². The van der Waals surface area contributed by atoms with Crippen molar-refractivity contribution in [3.8, 4) is 0 Å². The van der Waals surface area contributed by atoms with E-state index in [0.717, 1.165) is 11.0 Å². The Morgan fingerprint density at radius 3 is 2.25 bits per heavy atom. The monoisotopic (exact) mass is 217 g/mol. The molecular formula is C11H11N3O2. The molecule has 0 radical (unpaired) electrons. The highest BCUT2D eigenvalue weighted by Gasteiger charge is 2.24. The van der Waals surface area contributed by atoms with Gasteiger partial charge in [-0.3, -0.25) is 0 Å². The van der Waals surface area contributed by atoms with Crippen molar-refractivity contribution in [2.24, 2.45) is 0 Å². The lowest BCUT2D eigenvalue weighted by Crippen LogP contribution is -2.24. The first-order chi connectivity index (χ1) is 7.84. The zero-order chi connectivity index (χ0) is 11.0. The fourth-order valence-electron chi connectivity index (χ4n) is 1.65. The minimum Gasteiger partial charge on any atom is -0.457 e. The molecule has 0 aliphatic carbocycles. The summed E-state index contributed by atoms with van der Waals surface area (Å²) < 4.78 is 10.5. The zero-order valence-electron chi connectivity index (χ0n) is 8.78. The van der Waals surface area contributed by atoms with Gasteiger partial charge in [-0.1, -0.05) is 12.1 Å². The Morgan fingerprint density at radius 2 is 1.69 bits per heavy atom. The van der Waals surface area contributed by atoms with Crippen molar-refractivity contribution in [1.82, 2.24) is 15.0 Å². The first-order valence-corrected chi connectivity index (χ1v) is 5.12. The lowest BCUT2D eigenvalue weighted by atomic mass is 10.3. The summed E-state index contributed by atoms with van der Waals surface area (Å²) in [7, 11) is 0. The van der Waals surface area contributed by atoms with Crippen molar-refractivity contribution in [2.45, 2.75) is 19.3 Å². The van der Waals surface area contributed by atoms with E-state index in [2.05, 4.69) is 10.2 Å². The molecule has 16 heavy (non-hydrogen) atoms. The molecule has 0 saturated carbocycles. The summed E-state index contributed by atoms with van der Waals surface area (Å²) >= 11 is 0. The number of hydrogen-bond acceptors (Lipinski definition) is 4. The summed E-state index contributed by atoms with van der Waals surface area (Å²) in [6.07, 6.45) is 2.72. The van der Waals surface area contributed by atoms with E-state index in [0.29, 0.717) is 0 Å². The zero-order valence-corrected chi connectivity index (χ0v) is 8.78. The number of hydrogen-bond donors (Lipinski definition) is 0. The Bertz CT molecular complexity index is 494. The number of rotatable bonds is 2. The molecule has 2 aromatic rings. The molecule has 82 valence electrons. The highest BCUT2D eigenvalue weighted by atomic mass is 16.7. The molecule has 0 spiro atoms. The first-order valence-electron chi connectivity index (χ1n) is 5.12. The maximum Gasteiger partial charge on any atom is 0.263 e. The van der Waals surface area contributed by atoms with E-state index in [1.807, 2.05) is 31.2 Å². The fraction of sp³-hybridized carbons (Fsp3) is 0.273. The molecule has 2 heterocycles. The molecule has 1 unspecified atom stereocenters. The Labute approximate surface area is 92.3 Å². The molecule has 1 aliphatic rings. The molecule has 1 aliphatic heterocycles. The normalized spacial score (nSPS) is 17.3. The molecular weight excluding hydrogens is 206 g/mol. The van der Waals surface area contributed by atoms with E-state index >= 15 is 0 Å². The smallest absolute Gasteiger partial charge is 0.263 e. The fourth-order valence-corrected chi connectivity index (χ4v) is 1.65. The van der Waals surface area contributed by atoms with Gasteiger partial charge >= 0.3 is 0 Å². The van der Waals surface area contributed by atoms with Gasteiger partial charge in [-0.05, 0) is 19.1 Å². The van der Waals surface area contributed by atoms with Crippen LogP contribution >= 0.6 is 0 Å². The largest absolute Gasteiger partial charge is 0.457 e. The molecule has 0 N–H and O–H groups in total. The number of ether oxygens (including phenoxy) is 2. The molecule has 1 atom stereocenters. The van der Waals surface area contributed by atoms with E-state index in [4.69, 9.17) is 9.47 Å². The second-order valence-corrected chi connectivity index (χ2v) is 3.66. The van der Waals surface area contributed by atoms with Crippen LogP contribution in [0.15, 0.2) is 36.8 Å². The quantitative estimate of drug-likeness (QED) is 0.770. The van der Waals surface area contributed by atoms with Crippen LogP contribution in [0.25, 0.3) is 11.0 Å². The van der Waals surface area contributed by atoms with Crippen LogP contribution in [0.3, 0.4) is 0 Å². The van der Waals surface area contributed by atoms with Crippen molar-refractivity contribution in [3.63, 3.8) is 0 Å². The van der Waals surface area contributed by atoms with Gasteiger partial charge in [0.15, 0.2) is 0 Å². The Kier molecular flexibility index (Phi) is 2.02. The van der Waals surface area contributed by atoms with E-state index < -0.39 is 0 Å². The first kappa shape index (κ1) is 9.21. The van der Waals surface area contributed by atoms with Crippen molar-refractivity contribution in [3.05, 3.63) is 36.8 Å². The third-order valence-electron chi connectivity index (χ3n) is 2.54. The van der Waals surface area contributed by atoms with Crippen LogP contribution in [0.1, 0.15) is 13.0 Å². The number of nitrogens with zero attached hydrogens (tertiary/aromatic N) is 3.